The largest absolute Gasteiger partial charge is 0.463 e. The lowest BCUT2D eigenvalue weighted by Gasteiger charge is -2.27. The average molecular weight is 386 g/mol. The molecule has 12 heteroatoms. The molecule has 0 aliphatic carbocycles. The van der Waals surface area contributed by atoms with Crippen LogP contribution in [0.15, 0.2) is 6.20 Å². The molecule has 0 bridgehead atoms. The first-order chi connectivity index (χ1) is 12.9. The van der Waals surface area contributed by atoms with Crippen LogP contribution in [0.5, 0.6) is 0 Å². The zero-order chi connectivity index (χ0) is 19.8. The van der Waals surface area contributed by atoms with Gasteiger partial charge in [-0.25, -0.2) is 4.57 Å². The highest BCUT2D eigenvalue weighted by Gasteiger charge is 2.28. The molecule has 1 aliphatic heterocycles. The molecule has 1 saturated heterocycles. The minimum absolute atomic E-state index is 0.142. The summed E-state index contributed by atoms with van der Waals surface area (Å²) in [4.78, 5) is 35.4. The molecular formula is C15H22N4O8. The summed E-state index contributed by atoms with van der Waals surface area (Å²) in [7, 11) is 0. The van der Waals surface area contributed by atoms with E-state index >= 15 is 0 Å². The fourth-order valence-electron chi connectivity index (χ4n) is 2.61. The number of imidazole rings is 1. The van der Waals surface area contributed by atoms with Crippen LogP contribution in [0.1, 0.15) is 39.0 Å². The highest BCUT2D eigenvalue weighted by molar-refractivity contribution is 5.69. The summed E-state index contributed by atoms with van der Waals surface area (Å²) >= 11 is 0. The molecule has 27 heavy (non-hydrogen) atoms. The maximum absolute atomic E-state index is 11.6. The second kappa shape index (κ2) is 9.92. The van der Waals surface area contributed by atoms with Gasteiger partial charge in [-0.15, -0.1) is 0 Å². The Hall–Kier alpha value is -2.60. The third-order valence-corrected chi connectivity index (χ3v) is 3.86. The average Bonchev–Trinajstić information content (AvgIpc) is 3.05. The Bertz CT molecular complexity index is 671. The van der Waals surface area contributed by atoms with Gasteiger partial charge in [0.15, 0.2) is 12.5 Å². The molecule has 0 N–H and O–H groups in total. The van der Waals surface area contributed by atoms with E-state index in [-0.39, 0.29) is 19.6 Å². The van der Waals surface area contributed by atoms with Gasteiger partial charge in [0, 0.05) is 13.0 Å². The number of nitro groups is 2. The van der Waals surface area contributed by atoms with Crippen molar-refractivity contribution in [1.82, 2.24) is 9.55 Å². The minimum Gasteiger partial charge on any atom is -0.463 e. The third-order valence-electron chi connectivity index (χ3n) is 3.86. The van der Waals surface area contributed by atoms with Crippen molar-refractivity contribution in [2.24, 2.45) is 0 Å². The van der Waals surface area contributed by atoms with Crippen molar-refractivity contribution in [2.45, 2.75) is 58.0 Å². The molecule has 1 fully saturated rings. The molecular weight excluding hydrogens is 364 g/mol. The number of rotatable bonds is 10. The van der Waals surface area contributed by atoms with Crippen LogP contribution in [-0.2, 0) is 25.5 Å². The highest BCUT2D eigenvalue weighted by atomic mass is 16.7. The van der Waals surface area contributed by atoms with Gasteiger partial charge >= 0.3 is 17.7 Å². The summed E-state index contributed by atoms with van der Waals surface area (Å²) in [5, 5.41) is 22.0. The molecule has 1 unspecified atom stereocenters. The first-order valence-electron chi connectivity index (χ1n) is 8.69. The van der Waals surface area contributed by atoms with Gasteiger partial charge in [-0.3, -0.25) is 4.79 Å². The van der Waals surface area contributed by atoms with Crippen molar-refractivity contribution in [3.63, 3.8) is 0 Å². The predicted molar refractivity (Wildman–Crippen MR) is 89.9 cm³/mol. The quantitative estimate of drug-likeness (QED) is 0.334. The van der Waals surface area contributed by atoms with Crippen LogP contribution in [-0.4, -0.2) is 51.0 Å². The van der Waals surface area contributed by atoms with E-state index in [4.69, 9.17) is 14.2 Å². The van der Waals surface area contributed by atoms with E-state index in [2.05, 4.69) is 4.98 Å². The maximum atomic E-state index is 11.6. The number of hydrogen-bond donors (Lipinski definition) is 0. The van der Waals surface area contributed by atoms with E-state index in [1.54, 1.807) is 0 Å². The van der Waals surface area contributed by atoms with Crippen molar-refractivity contribution in [3.05, 3.63) is 26.4 Å². The molecule has 0 spiro atoms. The molecule has 1 aromatic rings. The molecule has 0 radical (unpaired) electrons. The lowest BCUT2D eigenvalue weighted by atomic mass is 10.2. The van der Waals surface area contributed by atoms with E-state index in [1.165, 1.54) is 0 Å². The molecule has 2 rings (SSSR count). The van der Waals surface area contributed by atoms with Gasteiger partial charge in [0.05, 0.1) is 0 Å². The van der Waals surface area contributed by atoms with E-state index in [0.717, 1.165) is 23.6 Å². The van der Waals surface area contributed by atoms with Crippen molar-refractivity contribution < 1.29 is 28.9 Å². The SMILES string of the molecule is CCCC(=O)OC[C@H](Cn1cc([N+](=O)[O-])nc1[N+](=O)[O-])OC1CCCCO1. The smallest absolute Gasteiger partial charge is 0.439 e. The molecule has 2 atom stereocenters. The zero-order valence-electron chi connectivity index (χ0n) is 14.9. The predicted octanol–water partition coefficient (Wildman–Crippen LogP) is 1.95. The normalized spacial score (nSPS) is 18.0. The van der Waals surface area contributed by atoms with Crippen LogP contribution < -0.4 is 0 Å². The standard InChI is InChI=1S/C15H22N4O8/c1-2-5-13(20)26-10-11(27-14-6-3-4-7-25-14)8-17-9-12(18(21)22)16-15(17)19(23)24/h9,11,14H,2-8,10H2,1H3/t11-,14?/m0/s1. The molecule has 1 aromatic heterocycles. The molecule has 0 aromatic carbocycles. The number of aromatic nitrogens is 2. The number of nitrogens with zero attached hydrogens (tertiary/aromatic N) is 4. The van der Waals surface area contributed by atoms with Crippen molar-refractivity contribution in [1.29, 1.82) is 0 Å². The summed E-state index contributed by atoms with van der Waals surface area (Å²) in [6.07, 6.45) is 2.99. The number of carbonyl (C=O) groups is 1. The molecule has 12 nitrogen and oxygen atoms in total. The van der Waals surface area contributed by atoms with Gasteiger partial charge in [-0.05, 0) is 40.5 Å². The Balaban J connectivity index is 2.12. The summed E-state index contributed by atoms with van der Waals surface area (Å²) in [5.74, 6) is -1.74. The van der Waals surface area contributed by atoms with Crippen LogP contribution in [0.2, 0.25) is 0 Å². The number of esters is 1. The van der Waals surface area contributed by atoms with Gasteiger partial charge in [0.25, 0.3) is 0 Å². The number of ether oxygens (including phenoxy) is 3. The minimum atomic E-state index is -0.815. The van der Waals surface area contributed by atoms with Crippen LogP contribution in [0.25, 0.3) is 0 Å². The van der Waals surface area contributed by atoms with Gasteiger partial charge in [0.1, 0.15) is 19.3 Å². The van der Waals surface area contributed by atoms with E-state index in [9.17, 15) is 25.0 Å². The monoisotopic (exact) mass is 386 g/mol. The lowest BCUT2D eigenvalue weighted by Crippen LogP contribution is -2.34. The molecule has 150 valence electrons. The molecule has 1 aliphatic rings. The summed E-state index contributed by atoms with van der Waals surface area (Å²) < 4.78 is 17.4. The van der Waals surface area contributed by atoms with Gasteiger partial charge < -0.3 is 34.4 Å². The highest BCUT2D eigenvalue weighted by Crippen LogP contribution is 2.21. The first-order valence-corrected chi connectivity index (χ1v) is 8.69. The van der Waals surface area contributed by atoms with Crippen molar-refractivity contribution in [2.75, 3.05) is 13.2 Å². The Morgan fingerprint density at radius 3 is 2.78 bits per heavy atom. The van der Waals surface area contributed by atoms with Crippen LogP contribution in [0, 0.1) is 20.2 Å². The fraction of sp³-hybridized carbons (Fsp3) is 0.733. The Labute approximate surface area is 154 Å². The summed E-state index contributed by atoms with van der Waals surface area (Å²) in [5.41, 5.74) is 0. The topological polar surface area (TPSA) is 149 Å². The van der Waals surface area contributed by atoms with Gasteiger partial charge in [0.2, 0.25) is 0 Å². The number of hydrogen-bond acceptors (Lipinski definition) is 9. The molecule has 0 saturated carbocycles. The second-order valence-electron chi connectivity index (χ2n) is 6.05. The Morgan fingerprint density at radius 2 is 2.19 bits per heavy atom. The summed E-state index contributed by atoms with van der Waals surface area (Å²) in [6.45, 7) is 2.07. The van der Waals surface area contributed by atoms with Crippen molar-refractivity contribution in [3.8, 4) is 0 Å². The Kier molecular flexibility index (Phi) is 7.61. The van der Waals surface area contributed by atoms with Crippen LogP contribution in [0.3, 0.4) is 0 Å². The van der Waals surface area contributed by atoms with Gasteiger partial charge in [-0.2, -0.15) is 0 Å². The Morgan fingerprint density at radius 1 is 1.41 bits per heavy atom. The van der Waals surface area contributed by atoms with Crippen molar-refractivity contribution >= 4 is 17.7 Å². The first kappa shape index (κ1) is 20.7. The molecule has 0 amide bonds. The van der Waals surface area contributed by atoms with E-state index in [0.29, 0.717) is 19.4 Å². The van der Waals surface area contributed by atoms with Crippen LogP contribution >= 0.6 is 0 Å². The lowest BCUT2D eigenvalue weighted by molar-refractivity contribution is -0.403. The summed E-state index contributed by atoms with van der Waals surface area (Å²) in [6, 6.07) is 0. The van der Waals surface area contributed by atoms with E-state index in [1.807, 2.05) is 6.92 Å². The second-order valence-corrected chi connectivity index (χ2v) is 6.05. The number of carbonyl (C=O) groups excluding carboxylic acids is 1. The van der Waals surface area contributed by atoms with Crippen LogP contribution in [0.4, 0.5) is 11.8 Å². The molecule has 2 heterocycles. The maximum Gasteiger partial charge on any atom is 0.439 e. The zero-order valence-corrected chi connectivity index (χ0v) is 14.9. The van der Waals surface area contributed by atoms with E-state index < -0.39 is 40.0 Å². The van der Waals surface area contributed by atoms with Gasteiger partial charge in [-0.1, -0.05) is 6.92 Å². The third kappa shape index (κ3) is 6.25. The fourth-order valence-corrected chi connectivity index (χ4v) is 2.61.